The van der Waals surface area contributed by atoms with Gasteiger partial charge in [0.25, 0.3) is 27.5 Å². The van der Waals surface area contributed by atoms with Crippen LogP contribution in [0.5, 0.6) is 17.4 Å². The largest absolute Gasteiger partial charge is 0.474 e. The van der Waals surface area contributed by atoms with Crippen molar-refractivity contribution in [3.05, 3.63) is 106 Å². The summed E-state index contributed by atoms with van der Waals surface area (Å²) in [5.41, 5.74) is 3.66. The molecule has 17 heteroatoms. The van der Waals surface area contributed by atoms with E-state index in [2.05, 4.69) is 67.8 Å². The van der Waals surface area contributed by atoms with Crippen LogP contribution in [0.2, 0.25) is 0 Å². The molecule has 0 bridgehead atoms. The number of rotatable bonds is 17. The van der Waals surface area contributed by atoms with Crippen LogP contribution in [0.25, 0.3) is 11.0 Å². The average molecular weight is 989 g/mol. The maximum Gasteiger partial charge on any atom is 0.293 e. The number of aromatic amines is 1. The summed E-state index contributed by atoms with van der Waals surface area (Å²) in [6.45, 7) is 13.7. The fourth-order valence-corrected chi connectivity index (χ4v) is 12.8. The van der Waals surface area contributed by atoms with Gasteiger partial charge in [0.05, 0.1) is 21.0 Å². The number of hydrogen-bond donors (Lipinski definition) is 4. The highest BCUT2D eigenvalue weighted by molar-refractivity contribution is 7.90. The van der Waals surface area contributed by atoms with Gasteiger partial charge in [-0.25, -0.2) is 13.1 Å². The number of nitro groups is 1. The Bertz CT molecular complexity index is 2860. The topological polar surface area (TPSA) is 195 Å². The van der Waals surface area contributed by atoms with Crippen LogP contribution in [0.1, 0.15) is 118 Å². The molecule has 2 saturated carbocycles. The number of nitrogens with zero attached hydrogens (tertiary/aromatic N) is 5. The van der Waals surface area contributed by atoms with Crippen LogP contribution in [0.15, 0.2) is 83.9 Å². The number of amides is 1. The van der Waals surface area contributed by atoms with Gasteiger partial charge in [-0.3, -0.25) is 24.7 Å². The van der Waals surface area contributed by atoms with E-state index in [1.54, 1.807) is 24.4 Å². The molecule has 16 nitrogen and oxygen atoms in total. The predicted octanol–water partition coefficient (Wildman–Crippen LogP) is 9.18. The molecule has 5 aromatic rings. The highest BCUT2D eigenvalue weighted by Gasteiger charge is 2.49. The first-order valence-corrected chi connectivity index (χ1v) is 27.2. The number of ether oxygens (including phenoxy) is 2. The third kappa shape index (κ3) is 10.6. The maximum absolute atomic E-state index is 14.3. The van der Waals surface area contributed by atoms with E-state index in [9.17, 15) is 28.4 Å². The number of nitro benzene ring substituents is 1. The SMILES string of the molecule is CC(C)c1ccccc1[C@@H]1CCC[C@@H]1N1CC2(CCN(c3ccc(C(=O)NS(=O)(=O)c4ccc(NCC5CCC(C)(O)CC5)c([N+](=O)[O-])c4)c(Oc4cc5cc[nH]c5nc4OCCN4CCC4)c3)CC2)C1. The number of sulfonamides is 1. The number of likely N-dealkylation sites (tertiary alicyclic amines) is 2. The van der Waals surface area contributed by atoms with Crippen molar-refractivity contribution < 1.29 is 32.7 Å². The summed E-state index contributed by atoms with van der Waals surface area (Å²) >= 11 is 0. The fourth-order valence-electron chi connectivity index (χ4n) is 11.8. The van der Waals surface area contributed by atoms with Crippen molar-refractivity contribution in [3.8, 4) is 17.4 Å². The summed E-state index contributed by atoms with van der Waals surface area (Å²) in [6, 6.07) is 22.0. The number of piperidine rings is 1. The first-order valence-electron chi connectivity index (χ1n) is 25.7. The summed E-state index contributed by atoms with van der Waals surface area (Å²) in [6.07, 6.45) is 11.5. The lowest BCUT2D eigenvalue weighted by Crippen LogP contribution is -2.63. The zero-order chi connectivity index (χ0) is 49.5. The van der Waals surface area contributed by atoms with Crippen molar-refractivity contribution in [2.45, 2.75) is 113 Å². The first-order chi connectivity index (χ1) is 34.1. The van der Waals surface area contributed by atoms with Gasteiger partial charge in [0, 0.05) is 74.7 Å². The number of fused-ring (bicyclic) bond motifs is 1. The number of carbonyl (C=O) groups is 1. The number of aromatic nitrogens is 2. The molecule has 5 fully saturated rings. The number of anilines is 2. The monoisotopic (exact) mass is 988 g/mol. The summed E-state index contributed by atoms with van der Waals surface area (Å²) in [5, 5.41) is 26.5. The van der Waals surface area contributed by atoms with E-state index < -0.39 is 37.0 Å². The second-order valence-electron chi connectivity index (χ2n) is 21.5. The number of nitrogens with one attached hydrogen (secondary N) is 3. The lowest BCUT2D eigenvalue weighted by Gasteiger charge is -2.57. The van der Waals surface area contributed by atoms with Gasteiger partial charge < -0.3 is 29.8 Å². The maximum atomic E-state index is 14.3. The van der Waals surface area contributed by atoms with Crippen LogP contribution in [-0.4, -0.2) is 115 Å². The normalized spacial score (nSPS) is 23.6. The van der Waals surface area contributed by atoms with Crippen LogP contribution in [0.4, 0.5) is 17.1 Å². The molecule has 0 unspecified atom stereocenters. The van der Waals surface area contributed by atoms with E-state index in [1.807, 2.05) is 19.1 Å². The fraction of sp³-hybridized carbons (Fsp3) is 0.519. The zero-order valence-corrected chi connectivity index (χ0v) is 42.0. The van der Waals surface area contributed by atoms with E-state index in [-0.39, 0.29) is 40.0 Å². The second-order valence-corrected chi connectivity index (χ2v) is 23.2. The summed E-state index contributed by atoms with van der Waals surface area (Å²) < 4.78 is 43.0. The van der Waals surface area contributed by atoms with E-state index in [4.69, 9.17) is 14.5 Å². The van der Waals surface area contributed by atoms with Crippen LogP contribution in [0.3, 0.4) is 0 Å². The molecule has 1 spiro atoms. The van der Waals surface area contributed by atoms with Crippen molar-refractivity contribution in [1.29, 1.82) is 0 Å². The summed E-state index contributed by atoms with van der Waals surface area (Å²) in [7, 11) is -4.62. The molecule has 2 aromatic heterocycles. The van der Waals surface area contributed by atoms with E-state index in [0.29, 0.717) is 56.1 Å². The van der Waals surface area contributed by atoms with Crippen LogP contribution in [-0.2, 0) is 10.0 Å². The Morgan fingerprint density at radius 1 is 0.944 bits per heavy atom. The highest BCUT2D eigenvalue weighted by Crippen LogP contribution is 2.49. The first kappa shape index (κ1) is 48.9. The molecule has 378 valence electrons. The molecular weight excluding hydrogens is 921 g/mol. The molecular formula is C54H68N8O8S. The minimum atomic E-state index is -4.62. The Kier molecular flexibility index (Phi) is 13.8. The molecule has 10 rings (SSSR count). The van der Waals surface area contributed by atoms with E-state index >= 15 is 0 Å². The number of pyridine rings is 1. The standard InChI is InChI=1S/C54H68N8O8S/c1-36(2)41-8-4-5-9-42(41)43-10-6-11-46(43)61-34-54(35-61)21-26-60(27-22-54)39-12-14-44(48(31-39)70-49-30-38-18-23-55-50(38)57-52(49)69-29-28-59-24-7-25-59)51(63)58-71(67,68)40-13-15-45(47(32-40)62(65)66)56-33-37-16-19-53(3,64)20-17-37/h4-5,8-9,12-15,18,23,30-32,36-37,43,46,56,64H,6-7,10-11,16-17,19-22,24-29,33-35H2,1-3H3,(H,55,57)(H,58,63)/t37?,43-,46-,53?/m0/s1. The Morgan fingerprint density at radius 2 is 1.72 bits per heavy atom. The minimum Gasteiger partial charge on any atom is -0.474 e. The van der Waals surface area contributed by atoms with Gasteiger partial charge in [-0.15, -0.1) is 0 Å². The van der Waals surface area contributed by atoms with E-state index in [0.717, 1.165) is 88.5 Å². The highest BCUT2D eigenvalue weighted by atomic mass is 32.2. The van der Waals surface area contributed by atoms with Crippen molar-refractivity contribution >= 4 is 44.0 Å². The molecule has 4 N–H and O–H groups in total. The molecule has 3 aliphatic heterocycles. The van der Waals surface area contributed by atoms with Crippen molar-refractivity contribution in [1.82, 2.24) is 24.5 Å². The van der Waals surface area contributed by atoms with Crippen molar-refractivity contribution in [3.63, 3.8) is 0 Å². The third-order valence-corrected chi connectivity index (χ3v) is 17.5. The lowest BCUT2D eigenvalue weighted by atomic mass is 9.70. The van der Waals surface area contributed by atoms with E-state index in [1.165, 1.54) is 42.5 Å². The second kappa shape index (κ2) is 20.0. The smallest absolute Gasteiger partial charge is 0.293 e. The zero-order valence-electron chi connectivity index (χ0n) is 41.2. The number of aliphatic hydroxyl groups is 1. The summed E-state index contributed by atoms with van der Waals surface area (Å²) in [5.74, 6) is 0.893. The molecule has 71 heavy (non-hydrogen) atoms. The number of benzene rings is 3. The lowest BCUT2D eigenvalue weighted by molar-refractivity contribution is -0.384. The van der Waals surface area contributed by atoms with Gasteiger partial charge in [0.15, 0.2) is 5.75 Å². The molecule has 0 radical (unpaired) electrons. The van der Waals surface area contributed by atoms with Crippen molar-refractivity contribution in [2.75, 3.05) is 69.2 Å². The van der Waals surface area contributed by atoms with Gasteiger partial charge in [0.1, 0.15) is 23.7 Å². The van der Waals surface area contributed by atoms with Gasteiger partial charge in [-0.05, 0) is 148 Å². The Labute approximate surface area is 416 Å². The number of hydrogen-bond acceptors (Lipinski definition) is 13. The molecule has 5 heterocycles. The van der Waals surface area contributed by atoms with Gasteiger partial charge in [0.2, 0.25) is 0 Å². The number of carbonyl (C=O) groups excluding carboxylic acids is 1. The van der Waals surface area contributed by atoms with Gasteiger partial charge in [-0.1, -0.05) is 44.5 Å². The molecule has 2 atom stereocenters. The Hall–Kier alpha value is -5.75. The van der Waals surface area contributed by atoms with Gasteiger partial charge >= 0.3 is 0 Å². The molecule has 5 aliphatic rings. The Balaban J connectivity index is 0.874. The average Bonchev–Trinajstić information content (AvgIpc) is 4.01. The third-order valence-electron chi connectivity index (χ3n) is 16.2. The van der Waals surface area contributed by atoms with Crippen molar-refractivity contribution in [2.24, 2.45) is 11.3 Å². The minimum absolute atomic E-state index is 0.0504. The van der Waals surface area contributed by atoms with Crippen LogP contribution < -0.4 is 24.4 Å². The molecule has 2 aliphatic carbocycles. The van der Waals surface area contributed by atoms with Gasteiger partial charge in [-0.2, -0.15) is 4.98 Å². The van der Waals surface area contributed by atoms with Crippen LogP contribution in [0, 0.1) is 21.4 Å². The predicted molar refractivity (Wildman–Crippen MR) is 274 cm³/mol. The quantitative estimate of drug-likeness (QED) is 0.0509. The molecule has 1 amide bonds. The Morgan fingerprint density at radius 3 is 2.45 bits per heavy atom. The summed E-state index contributed by atoms with van der Waals surface area (Å²) in [4.78, 5) is 40.7. The molecule has 3 aromatic carbocycles. The number of H-pyrrole nitrogens is 1. The van der Waals surface area contributed by atoms with Crippen LogP contribution >= 0.6 is 0 Å². The molecule has 3 saturated heterocycles.